The van der Waals surface area contributed by atoms with Crippen LogP contribution < -0.4 is 0 Å². The highest BCUT2D eigenvalue weighted by atomic mass is 14.3. The Hall–Kier alpha value is -2.86. The van der Waals surface area contributed by atoms with Gasteiger partial charge < -0.3 is 0 Å². The quantitative estimate of drug-likeness (QED) is 0.324. The second kappa shape index (κ2) is 4.36. The summed E-state index contributed by atoms with van der Waals surface area (Å²) in [5.74, 6) is 0. The first-order valence-electron chi connectivity index (χ1n) is 8.63. The maximum atomic E-state index is 2.45. The average Bonchev–Trinajstić information content (AvgIpc) is 2.98. The van der Waals surface area contributed by atoms with Gasteiger partial charge in [-0.2, -0.15) is 0 Å². The number of hydrogen-bond acceptors (Lipinski definition) is 0. The molecule has 0 heterocycles. The van der Waals surface area contributed by atoms with Crippen molar-refractivity contribution >= 4 is 10.8 Å². The molecule has 112 valence electrons. The fraction of sp³-hybridized carbons (Fsp3) is 0.0833. The van der Waals surface area contributed by atoms with Gasteiger partial charge in [0.2, 0.25) is 0 Å². The maximum Gasteiger partial charge on any atom is -0.00130 e. The van der Waals surface area contributed by atoms with Gasteiger partial charge in [-0.05, 0) is 80.3 Å². The van der Waals surface area contributed by atoms with Crippen LogP contribution in [0.25, 0.3) is 33.0 Å². The minimum Gasteiger partial charge on any atom is -0.0619 e. The van der Waals surface area contributed by atoms with Gasteiger partial charge in [-0.25, -0.2) is 0 Å². The third-order valence-corrected chi connectivity index (χ3v) is 5.68. The first-order valence-corrected chi connectivity index (χ1v) is 8.63. The van der Waals surface area contributed by atoms with Crippen molar-refractivity contribution in [2.75, 3.05) is 0 Å². The third kappa shape index (κ3) is 1.53. The van der Waals surface area contributed by atoms with Crippen LogP contribution in [0, 0.1) is 0 Å². The van der Waals surface area contributed by atoms with Crippen molar-refractivity contribution < 1.29 is 0 Å². The Kier molecular flexibility index (Phi) is 2.28. The minimum absolute atomic E-state index is 1.04. The van der Waals surface area contributed by atoms with Crippen molar-refractivity contribution in [3.63, 3.8) is 0 Å². The monoisotopic (exact) mass is 304 g/mol. The largest absolute Gasteiger partial charge is 0.0619 e. The second-order valence-corrected chi connectivity index (χ2v) is 7.00. The summed E-state index contributed by atoms with van der Waals surface area (Å²) in [6, 6.07) is 27.2. The van der Waals surface area contributed by atoms with Crippen molar-refractivity contribution in [3.05, 3.63) is 95.1 Å². The van der Waals surface area contributed by atoms with Crippen molar-refractivity contribution in [2.45, 2.75) is 12.8 Å². The molecule has 24 heavy (non-hydrogen) atoms. The molecule has 2 aliphatic carbocycles. The van der Waals surface area contributed by atoms with E-state index in [4.69, 9.17) is 0 Å². The molecule has 0 spiro atoms. The third-order valence-electron chi connectivity index (χ3n) is 5.68. The fourth-order valence-electron chi connectivity index (χ4n) is 4.62. The molecule has 4 aromatic rings. The van der Waals surface area contributed by atoms with E-state index in [2.05, 4.69) is 72.8 Å². The van der Waals surface area contributed by atoms with Crippen LogP contribution in [-0.4, -0.2) is 0 Å². The summed E-state index contributed by atoms with van der Waals surface area (Å²) >= 11 is 0. The summed E-state index contributed by atoms with van der Waals surface area (Å²) in [4.78, 5) is 0. The molecular formula is C24H16. The highest BCUT2D eigenvalue weighted by Gasteiger charge is 2.24. The Morgan fingerprint density at radius 3 is 1.96 bits per heavy atom. The summed E-state index contributed by atoms with van der Waals surface area (Å²) in [7, 11) is 0. The molecule has 0 nitrogen and oxygen atoms in total. The van der Waals surface area contributed by atoms with Crippen molar-refractivity contribution in [2.24, 2.45) is 0 Å². The maximum absolute atomic E-state index is 2.45. The van der Waals surface area contributed by atoms with Crippen LogP contribution in [0.1, 0.15) is 22.3 Å². The summed E-state index contributed by atoms with van der Waals surface area (Å²) < 4.78 is 0. The van der Waals surface area contributed by atoms with E-state index < -0.39 is 0 Å². The topological polar surface area (TPSA) is 0 Å². The van der Waals surface area contributed by atoms with Gasteiger partial charge in [-0.1, -0.05) is 60.7 Å². The fourth-order valence-corrected chi connectivity index (χ4v) is 4.62. The van der Waals surface area contributed by atoms with E-state index in [1.165, 1.54) is 55.3 Å². The van der Waals surface area contributed by atoms with Crippen LogP contribution in [0.3, 0.4) is 0 Å². The molecule has 0 fully saturated rings. The van der Waals surface area contributed by atoms with Crippen molar-refractivity contribution in [3.8, 4) is 22.3 Å². The number of fused-ring (bicyclic) bond motifs is 5. The van der Waals surface area contributed by atoms with E-state index in [9.17, 15) is 0 Å². The molecular weight excluding hydrogens is 288 g/mol. The molecule has 2 aliphatic rings. The molecule has 0 unspecified atom stereocenters. The Bertz CT molecular complexity index is 1140. The summed E-state index contributed by atoms with van der Waals surface area (Å²) in [5.41, 5.74) is 11.6. The molecule has 0 amide bonds. The van der Waals surface area contributed by atoms with Gasteiger partial charge in [-0.3, -0.25) is 0 Å². The van der Waals surface area contributed by atoms with Gasteiger partial charge in [0.15, 0.2) is 0 Å². The zero-order chi connectivity index (χ0) is 15.7. The zero-order valence-electron chi connectivity index (χ0n) is 13.3. The Balaban J connectivity index is 1.67. The summed E-state index contributed by atoms with van der Waals surface area (Å²) in [6.45, 7) is 0. The minimum atomic E-state index is 1.04. The van der Waals surface area contributed by atoms with Crippen LogP contribution >= 0.6 is 0 Å². The van der Waals surface area contributed by atoms with Crippen molar-refractivity contribution in [1.82, 2.24) is 0 Å². The number of hydrogen-bond donors (Lipinski definition) is 0. The number of rotatable bonds is 0. The van der Waals surface area contributed by atoms with Crippen LogP contribution in [0.4, 0.5) is 0 Å². The SMILES string of the molecule is c1ccc2c(c1)Cc1cc3c(cc1-2)Cc1cccc2cccc-3c12. The smallest absolute Gasteiger partial charge is 0.00130 e. The van der Waals surface area contributed by atoms with Gasteiger partial charge in [0.1, 0.15) is 0 Å². The zero-order valence-corrected chi connectivity index (χ0v) is 13.3. The van der Waals surface area contributed by atoms with E-state index in [0.29, 0.717) is 0 Å². The van der Waals surface area contributed by atoms with Crippen molar-refractivity contribution in [1.29, 1.82) is 0 Å². The number of benzene rings is 4. The van der Waals surface area contributed by atoms with E-state index in [1.54, 1.807) is 0 Å². The normalized spacial score (nSPS) is 13.5. The van der Waals surface area contributed by atoms with E-state index in [1.807, 2.05) is 0 Å². The first kappa shape index (κ1) is 12.5. The molecule has 0 saturated carbocycles. The van der Waals surface area contributed by atoms with Gasteiger partial charge >= 0.3 is 0 Å². The molecule has 0 saturated heterocycles. The molecule has 0 heteroatoms. The molecule has 0 atom stereocenters. The summed E-state index contributed by atoms with van der Waals surface area (Å²) in [5, 5.41) is 2.81. The molecule has 0 aromatic heterocycles. The lowest BCUT2D eigenvalue weighted by molar-refractivity contribution is 1.18. The predicted molar refractivity (Wildman–Crippen MR) is 100 cm³/mol. The molecule has 0 aliphatic heterocycles. The lowest BCUT2D eigenvalue weighted by atomic mass is 9.82. The van der Waals surface area contributed by atoms with Gasteiger partial charge in [-0.15, -0.1) is 0 Å². The average molecular weight is 304 g/mol. The van der Waals surface area contributed by atoms with Crippen LogP contribution in [0.2, 0.25) is 0 Å². The summed E-state index contributed by atoms with van der Waals surface area (Å²) in [6.07, 6.45) is 2.11. The molecule has 0 radical (unpaired) electrons. The molecule has 0 N–H and O–H groups in total. The van der Waals surface area contributed by atoms with Crippen LogP contribution in [-0.2, 0) is 12.8 Å². The van der Waals surface area contributed by atoms with Crippen LogP contribution in [0.15, 0.2) is 72.8 Å². The highest BCUT2D eigenvalue weighted by molar-refractivity contribution is 6.02. The molecule has 4 aromatic carbocycles. The van der Waals surface area contributed by atoms with Gasteiger partial charge in [0, 0.05) is 0 Å². The van der Waals surface area contributed by atoms with Gasteiger partial charge in [0.25, 0.3) is 0 Å². The Morgan fingerprint density at radius 1 is 0.458 bits per heavy atom. The van der Waals surface area contributed by atoms with E-state index >= 15 is 0 Å². The molecule has 0 bridgehead atoms. The predicted octanol–water partition coefficient (Wildman–Crippen LogP) is 5.98. The standard InChI is InChI=1S/C24H16/c1-2-9-20-16(5-1)11-18-14-23-19(13-22(18)20)12-17-8-3-6-15-7-4-10-21(23)24(15)17/h1-10,13-14H,11-12H2. The first-order chi connectivity index (χ1) is 11.9. The Labute approximate surface area is 141 Å². The lowest BCUT2D eigenvalue weighted by Gasteiger charge is -2.22. The lowest BCUT2D eigenvalue weighted by Crippen LogP contribution is -2.02. The van der Waals surface area contributed by atoms with Crippen LogP contribution in [0.5, 0.6) is 0 Å². The Morgan fingerprint density at radius 2 is 1.08 bits per heavy atom. The highest BCUT2D eigenvalue weighted by Crippen LogP contribution is 2.45. The van der Waals surface area contributed by atoms with Gasteiger partial charge in [0.05, 0.1) is 0 Å². The van der Waals surface area contributed by atoms with E-state index in [0.717, 1.165) is 12.8 Å². The van der Waals surface area contributed by atoms with E-state index in [-0.39, 0.29) is 0 Å². The molecule has 6 rings (SSSR count). The second-order valence-electron chi connectivity index (χ2n) is 7.00.